The van der Waals surface area contributed by atoms with E-state index in [-0.39, 0.29) is 11.1 Å². The van der Waals surface area contributed by atoms with Crippen LogP contribution in [-0.4, -0.2) is 27.6 Å². The van der Waals surface area contributed by atoms with E-state index in [1.54, 1.807) is 12.1 Å². The summed E-state index contributed by atoms with van der Waals surface area (Å²) in [7, 11) is 0. The highest BCUT2D eigenvalue weighted by Crippen LogP contribution is 2.26. The van der Waals surface area contributed by atoms with Gasteiger partial charge in [0.1, 0.15) is 6.61 Å². The van der Waals surface area contributed by atoms with Crippen LogP contribution >= 0.6 is 11.6 Å². The van der Waals surface area contributed by atoms with Gasteiger partial charge in [0.25, 0.3) is 5.91 Å². The number of rotatable bonds is 2. The van der Waals surface area contributed by atoms with Crippen molar-refractivity contribution in [1.82, 2.24) is 9.97 Å². The van der Waals surface area contributed by atoms with Gasteiger partial charge in [-0.05, 0) is 30.2 Å². The molecule has 0 saturated carbocycles. The number of benzene rings is 1. The number of aryl methyl sites for hydroxylation is 1. The number of carbonyl (C=O) groups excluding carboxylic acids is 1. The second-order valence-electron chi connectivity index (χ2n) is 3.71. The van der Waals surface area contributed by atoms with E-state index in [4.69, 9.17) is 22.6 Å². The van der Waals surface area contributed by atoms with Crippen molar-refractivity contribution in [1.29, 1.82) is 0 Å². The lowest BCUT2D eigenvalue weighted by molar-refractivity contribution is -0.121. The fourth-order valence-electron chi connectivity index (χ4n) is 1.63. The molecule has 0 aliphatic heterocycles. The van der Waals surface area contributed by atoms with E-state index in [1.807, 2.05) is 13.0 Å². The Morgan fingerprint density at radius 1 is 1.50 bits per heavy atom. The minimum absolute atomic E-state index is 0.00649. The number of nitrogens with two attached hydrogens (primary N) is 1. The highest BCUT2D eigenvalue weighted by molar-refractivity contribution is 6.29. The third-order valence-corrected chi connectivity index (χ3v) is 2.68. The number of anilines is 1. The molecule has 0 bridgehead atoms. The lowest BCUT2D eigenvalue weighted by Crippen LogP contribution is -2.40. The van der Waals surface area contributed by atoms with Crippen LogP contribution in [0.2, 0.25) is 5.28 Å². The average Bonchev–Trinajstić information content (AvgIpc) is 2.37. The van der Waals surface area contributed by atoms with Crippen LogP contribution in [0.4, 0.5) is 5.82 Å². The van der Waals surface area contributed by atoms with E-state index in [2.05, 4.69) is 9.97 Å². The van der Waals surface area contributed by atoms with E-state index < -0.39 is 12.5 Å². The molecule has 0 atom stereocenters. The standard InChI is InChI=1S/C11H11ClN4O2/c1-6-3-2-4-7-9(6)14-11(12)15-10(7)16(13)8(18)5-17/h2-4,17H,5,13H2,1H3. The average molecular weight is 267 g/mol. The lowest BCUT2D eigenvalue weighted by Gasteiger charge is -2.16. The summed E-state index contributed by atoms with van der Waals surface area (Å²) in [5.74, 6) is 5.11. The summed E-state index contributed by atoms with van der Waals surface area (Å²) in [6.07, 6.45) is 0. The van der Waals surface area contributed by atoms with Gasteiger partial charge in [-0.15, -0.1) is 0 Å². The maximum absolute atomic E-state index is 11.4. The first-order valence-electron chi connectivity index (χ1n) is 5.16. The Hall–Kier alpha value is -1.76. The largest absolute Gasteiger partial charge is 0.386 e. The number of aromatic nitrogens is 2. The van der Waals surface area contributed by atoms with Crippen LogP contribution in [0.15, 0.2) is 18.2 Å². The molecule has 1 amide bonds. The van der Waals surface area contributed by atoms with Crippen molar-refractivity contribution in [2.45, 2.75) is 6.92 Å². The lowest BCUT2D eigenvalue weighted by atomic mass is 10.1. The van der Waals surface area contributed by atoms with Crippen LogP contribution in [0.1, 0.15) is 5.56 Å². The summed E-state index contributed by atoms with van der Waals surface area (Å²) < 4.78 is 0. The van der Waals surface area contributed by atoms with Gasteiger partial charge in [0.15, 0.2) is 5.82 Å². The molecule has 0 radical (unpaired) electrons. The van der Waals surface area contributed by atoms with E-state index in [1.165, 1.54) is 0 Å². The summed E-state index contributed by atoms with van der Waals surface area (Å²) in [5, 5.41) is 10.2. The summed E-state index contributed by atoms with van der Waals surface area (Å²) in [5.41, 5.74) is 1.51. The number of fused-ring (bicyclic) bond motifs is 1. The number of carbonyl (C=O) groups is 1. The Kier molecular flexibility index (Phi) is 3.42. The minimum Gasteiger partial charge on any atom is -0.386 e. The van der Waals surface area contributed by atoms with E-state index in [0.29, 0.717) is 10.9 Å². The number of aliphatic hydroxyl groups excluding tert-OH is 1. The van der Waals surface area contributed by atoms with Crippen molar-refractivity contribution in [3.05, 3.63) is 29.0 Å². The van der Waals surface area contributed by atoms with Crippen LogP contribution in [0.25, 0.3) is 10.9 Å². The zero-order valence-corrected chi connectivity index (χ0v) is 10.3. The highest BCUT2D eigenvalue weighted by atomic mass is 35.5. The number of hydrazine groups is 1. The smallest absolute Gasteiger partial charge is 0.268 e. The van der Waals surface area contributed by atoms with Crippen LogP contribution in [0, 0.1) is 6.92 Å². The zero-order valence-electron chi connectivity index (χ0n) is 9.59. The predicted octanol–water partition coefficient (Wildman–Crippen LogP) is 0.791. The first-order valence-corrected chi connectivity index (χ1v) is 5.53. The number of nitrogens with zero attached hydrogens (tertiary/aromatic N) is 3. The van der Waals surface area contributed by atoms with Gasteiger partial charge in [0.2, 0.25) is 5.28 Å². The fourth-order valence-corrected chi connectivity index (χ4v) is 1.80. The highest BCUT2D eigenvalue weighted by Gasteiger charge is 2.17. The summed E-state index contributed by atoms with van der Waals surface area (Å²) in [6, 6.07) is 5.40. The molecule has 0 aliphatic carbocycles. The van der Waals surface area contributed by atoms with Gasteiger partial charge >= 0.3 is 0 Å². The summed E-state index contributed by atoms with van der Waals surface area (Å²) in [6.45, 7) is 1.16. The van der Waals surface area contributed by atoms with Gasteiger partial charge in [0.05, 0.1) is 5.52 Å². The third kappa shape index (κ3) is 2.13. The fraction of sp³-hybridized carbons (Fsp3) is 0.182. The number of para-hydroxylation sites is 1. The van der Waals surface area contributed by atoms with Crippen molar-refractivity contribution >= 4 is 34.2 Å². The Bertz CT molecular complexity index is 617. The number of hydrogen-bond donors (Lipinski definition) is 2. The van der Waals surface area contributed by atoms with Crippen LogP contribution in [0.5, 0.6) is 0 Å². The molecule has 94 valence electrons. The van der Waals surface area contributed by atoms with Crippen LogP contribution in [0.3, 0.4) is 0 Å². The summed E-state index contributed by atoms with van der Waals surface area (Å²) in [4.78, 5) is 19.4. The Labute approximate surface area is 108 Å². The zero-order chi connectivity index (χ0) is 13.3. The van der Waals surface area contributed by atoms with Crippen molar-refractivity contribution in [2.75, 3.05) is 11.6 Å². The van der Waals surface area contributed by atoms with E-state index >= 15 is 0 Å². The molecule has 7 heteroatoms. The van der Waals surface area contributed by atoms with Gasteiger partial charge in [-0.3, -0.25) is 4.79 Å². The van der Waals surface area contributed by atoms with E-state index in [9.17, 15) is 4.79 Å². The van der Waals surface area contributed by atoms with Crippen molar-refractivity contribution in [2.24, 2.45) is 5.84 Å². The number of aliphatic hydroxyl groups is 1. The quantitative estimate of drug-likeness (QED) is 0.363. The molecule has 0 fully saturated rings. The Balaban J connectivity index is 2.70. The second kappa shape index (κ2) is 4.85. The molecule has 3 N–H and O–H groups in total. The molecular weight excluding hydrogens is 256 g/mol. The Morgan fingerprint density at radius 2 is 2.22 bits per heavy atom. The van der Waals surface area contributed by atoms with Crippen molar-refractivity contribution in [3.63, 3.8) is 0 Å². The molecule has 1 aromatic carbocycles. The van der Waals surface area contributed by atoms with Gasteiger partial charge in [-0.1, -0.05) is 12.1 Å². The predicted molar refractivity (Wildman–Crippen MR) is 68.0 cm³/mol. The normalized spacial score (nSPS) is 10.7. The third-order valence-electron chi connectivity index (χ3n) is 2.51. The molecule has 2 aromatic rings. The minimum atomic E-state index is -0.703. The molecule has 0 saturated heterocycles. The monoisotopic (exact) mass is 266 g/mol. The van der Waals surface area contributed by atoms with E-state index in [0.717, 1.165) is 10.6 Å². The molecule has 0 unspecified atom stereocenters. The van der Waals surface area contributed by atoms with Crippen molar-refractivity contribution < 1.29 is 9.90 Å². The molecular formula is C11H11ClN4O2. The molecule has 0 spiro atoms. The number of halogens is 1. The summed E-state index contributed by atoms with van der Waals surface area (Å²) >= 11 is 5.81. The molecule has 6 nitrogen and oxygen atoms in total. The first-order chi connectivity index (χ1) is 8.54. The molecule has 2 rings (SSSR count). The van der Waals surface area contributed by atoms with Crippen LogP contribution in [-0.2, 0) is 4.79 Å². The number of amides is 1. The maximum Gasteiger partial charge on any atom is 0.268 e. The molecule has 0 aliphatic rings. The van der Waals surface area contributed by atoms with Crippen LogP contribution < -0.4 is 10.9 Å². The second-order valence-corrected chi connectivity index (χ2v) is 4.05. The molecule has 1 heterocycles. The topological polar surface area (TPSA) is 92.3 Å². The Morgan fingerprint density at radius 3 is 2.89 bits per heavy atom. The molecule has 1 aromatic heterocycles. The molecule has 18 heavy (non-hydrogen) atoms. The van der Waals surface area contributed by atoms with Crippen molar-refractivity contribution in [3.8, 4) is 0 Å². The maximum atomic E-state index is 11.4. The van der Waals surface area contributed by atoms with Gasteiger partial charge in [0, 0.05) is 5.39 Å². The van der Waals surface area contributed by atoms with Gasteiger partial charge in [-0.25, -0.2) is 15.8 Å². The number of hydrogen-bond acceptors (Lipinski definition) is 5. The SMILES string of the molecule is Cc1cccc2c(N(N)C(=O)CO)nc(Cl)nc12. The van der Waals surface area contributed by atoms with Gasteiger partial charge < -0.3 is 5.11 Å². The first kappa shape index (κ1) is 12.7. The van der Waals surface area contributed by atoms with Gasteiger partial charge in [-0.2, -0.15) is 4.98 Å².